The van der Waals surface area contributed by atoms with Crippen LogP contribution < -0.4 is 0 Å². The molecule has 0 amide bonds. The van der Waals surface area contributed by atoms with E-state index in [-0.39, 0.29) is 6.61 Å². The summed E-state index contributed by atoms with van der Waals surface area (Å²) >= 11 is 0. The number of aromatic nitrogens is 2. The van der Waals surface area contributed by atoms with Crippen LogP contribution in [0.4, 0.5) is 0 Å². The van der Waals surface area contributed by atoms with E-state index in [1.807, 2.05) is 0 Å². The fourth-order valence-corrected chi connectivity index (χ4v) is 2.48. The normalized spacial score (nSPS) is 32.9. The van der Waals surface area contributed by atoms with E-state index in [4.69, 9.17) is 5.11 Å². The highest BCUT2D eigenvalue weighted by Gasteiger charge is 2.34. The van der Waals surface area contributed by atoms with Crippen LogP contribution in [0.3, 0.4) is 0 Å². The number of piperazine rings is 3. The standard InChI is InChI=1S/C11H16N4O/c16-8-9-5-12-11(13-6-9)10-7-14-1-3-15(10)4-2-14/h5-6,10,16H,1-4,7-8H2. The lowest BCUT2D eigenvalue weighted by atomic mass is 10.1. The number of nitrogens with zero attached hydrogens (tertiary/aromatic N) is 4. The summed E-state index contributed by atoms with van der Waals surface area (Å²) in [6.07, 6.45) is 3.45. The van der Waals surface area contributed by atoms with Crippen molar-refractivity contribution in [2.45, 2.75) is 12.6 Å². The van der Waals surface area contributed by atoms with Gasteiger partial charge in [0.05, 0.1) is 12.6 Å². The van der Waals surface area contributed by atoms with Gasteiger partial charge in [0.2, 0.25) is 0 Å². The maximum Gasteiger partial charge on any atom is 0.146 e. The van der Waals surface area contributed by atoms with Gasteiger partial charge in [0, 0.05) is 50.7 Å². The molecule has 0 aliphatic carbocycles. The molecule has 0 spiro atoms. The molecule has 1 N–H and O–H groups in total. The molecule has 3 aliphatic rings. The molecule has 0 saturated carbocycles. The van der Waals surface area contributed by atoms with Crippen LogP contribution in [0, 0.1) is 0 Å². The molecule has 1 atom stereocenters. The second-order valence-corrected chi connectivity index (χ2v) is 4.46. The number of aliphatic hydroxyl groups is 1. The van der Waals surface area contributed by atoms with Crippen LogP contribution >= 0.6 is 0 Å². The molecule has 3 saturated heterocycles. The Morgan fingerprint density at radius 1 is 1.19 bits per heavy atom. The summed E-state index contributed by atoms with van der Waals surface area (Å²) in [7, 11) is 0. The number of hydrogen-bond donors (Lipinski definition) is 1. The van der Waals surface area contributed by atoms with E-state index in [2.05, 4.69) is 19.8 Å². The number of hydrogen-bond acceptors (Lipinski definition) is 5. The van der Waals surface area contributed by atoms with E-state index in [0.717, 1.165) is 31.0 Å². The molecule has 5 nitrogen and oxygen atoms in total. The Morgan fingerprint density at radius 2 is 1.88 bits per heavy atom. The predicted octanol–water partition coefficient (Wildman–Crippen LogP) is -0.359. The number of fused-ring (bicyclic) bond motifs is 3. The zero-order valence-electron chi connectivity index (χ0n) is 9.21. The van der Waals surface area contributed by atoms with Gasteiger partial charge in [0.25, 0.3) is 0 Å². The van der Waals surface area contributed by atoms with E-state index in [1.165, 1.54) is 13.1 Å². The third-order valence-corrected chi connectivity index (χ3v) is 3.48. The molecule has 4 heterocycles. The summed E-state index contributed by atoms with van der Waals surface area (Å²) in [6, 6.07) is 0.343. The minimum Gasteiger partial charge on any atom is -0.392 e. The van der Waals surface area contributed by atoms with Crippen molar-refractivity contribution in [1.82, 2.24) is 19.8 Å². The zero-order chi connectivity index (χ0) is 11.0. The fraction of sp³-hybridized carbons (Fsp3) is 0.636. The second-order valence-electron chi connectivity index (χ2n) is 4.46. The Hall–Kier alpha value is -1.04. The topological polar surface area (TPSA) is 52.5 Å². The largest absolute Gasteiger partial charge is 0.392 e. The highest BCUT2D eigenvalue weighted by Crippen LogP contribution is 2.26. The van der Waals surface area contributed by atoms with Crippen molar-refractivity contribution in [2.75, 3.05) is 32.7 Å². The molecule has 0 aromatic carbocycles. The maximum atomic E-state index is 8.95. The molecule has 3 aliphatic heterocycles. The summed E-state index contributed by atoms with van der Waals surface area (Å²) in [4.78, 5) is 13.6. The van der Waals surface area contributed by atoms with Crippen molar-refractivity contribution in [3.05, 3.63) is 23.8 Å². The van der Waals surface area contributed by atoms with Gasteiger partial charge >= 0.3 is 0 Å². The first kappa shape index (κ1) is 10.1. The van der Waals surface area contributed by atoms with Crippen molar-refractivity contribution in [3.8, 4) is 0 Å². The van der Waals surface area contributed by atoms with Gasteiger partial charge in [-0.1, -0.05) is 0 Å². The molecule has 4 rings (SSSR count). The van der Waals surface area contributed by atoms with Gasteiger partial charge in [-0.15, -0.1) is 0 Å². The minimum absolute atomic E-state index is 0.0147. The fourth-order valence-electron chi connectivity index (χ4n) is 2.48. The van der Waals surface area contributed by atoms with Crippen molar-refractivity contribution >= 4 is 0 Å². The smallest absolute Gasteiger partial charge is 0.146 e. The van der Waals surface area contributed by atoms with Gasteiger partial charge in [-0.05, 0) is 0 Å². The van der Waals surface area contributed by atoms with Crippen LogP contribution in [0.25, 0.3) is 0 Å². The van der Waals surface area contributed by atoms with E-state index in [9.17, 15) is 0 Å². The summed E-state index contributed by atoms with van der Waals surface area (Å²) in [5.41, 5.74) is 0.778. The highest BCUT2D eigenvalue weighted by molar-refractivity contribution is 5.08. The first-order valence-corrected chi connectivity index (χ1v) is 5.75. The van der Waals surface area contributed by atoms with Gasteiger partial charge in [-0.3, -0.25) is 9.80 Å². The van der Waals surface area contributed by atoms with Gasteiger partial charge in [-0.25, -0.2) is 9.97 Å². The quantitative estimate of drug-likeness (QED) is 0.737. The van der Waals surface area contributed by atoms with Gasteiger partial charge < -0.3 is 5.11 Å². The lowest BCUT2D eigenvalue weighted by Gasteiger charge is -2.46. The Morgan fingerprint density at radius 3 is 2.38 bits per heavy atom. The van der Waals surface area contributed by atoms with Gasteiger partial charge in [0.1, 0.15) is 5.82 Å². The Balaban J connectivity index is 1.81. The SMILES string of the molecule is OCc1cnc(C2CN3CCN2CC3)nc1. The number of aliphatic hydroxyl groups excluding tert-OH is 1. The summed E-state index contributed by atoms with van der Waals surface area (Å²) in [6.45, 7) is 5.64. The van der Waals surface area contributed by atoms with Crippen molar-refractivity contribution in [1.29, 1.82) is 0 Å². The number of rotatable bonds is 2. The van der Waals surface area contributed by atoms with Crippen molar-refractivity contribution in [2.24, 2.45) is 0 Å². The van der Waals surface area contributed by atoms with Crippen molar-refractivity contribution in [3.63, 3.8) is 0 Å². The molecule has 0 radical (unpaired) electrons. The first-order chi connectivity index (χ1) is 7.86. The molecule has 16 heavy (non-hydrogen) atoms. The van der Waals surface area contributed by atoms with E-state index < -0.39 is 0 Å². The molecule has 86 valence electrons. The van der Waals surface area contributed by atoms with Crippen molar-refractivity contribution < 1.29 is 5.11 Å². The first-order valence-electron chi connectivity index (χ1n) is 5.75. The van der Waals surface area contributed by atoms with Gasteiger partial charge in [0.15, 0.2) is 0 Å². The summed E-state index contributed by atoms with van der Waals surface area (Å²) in [5, 5.41) is 8.95. The lowest BCUT2D eigenvalue weighted by molar-refractivity contribution is 0.00860. The second kappa shape index (κ2) is 4.08. The molecular weight excluding hydrogens is 204 g/mol. The van der Waals surface area contributed by atoms with Crippen LogP contribution in [-0.4, -0.2) is 57.6 Å². The third-order valence-electron chi connectivity index (χ3n) is 3.48. The van der Waals surface area contributed by atoms with Gasteiger partial charge in [-0.2, -0.15) is 0 Å². The van der Waals surface area contributed by atoms with Crippen LogP contribution in [0.5, 0.6) is 0 Å². The average molecular weight is 220 g/mol. The lowest BCUT2D eigenvalue weighted by Crippen LogP contribution is -2.57. The third kappa shape index (κ3) is 1.71. The summed E-state index contributed by atoms with van der Waals surface area (Å²) < 4.78 is 0. The summed E-state index contributed by atoms with van der Waals surface area (Å²) in [5.74, 6) is 0.890. The predicted molar refractivity (Wildman–Crippen MR) is 58.7 cm³/mol. The maximum absolute atomic E-state index is 8.95. The average Bonchev–Trinajstić information content (AvgIpc) is 2.40. The molecule has 3 fully saturated rings. The molecule has 5 heteroatoms. The Kier molecular flexibility index (Phi) is 2.59. The zero-order valence-corrected chi connectivity index (χ0v) is 9.21. The molecule has 1 aromatic rings. The molecular formula is C11H16N4O. The van der Waals surface area contributed by atoms with Crippen LogP contribution in [-0.2, 0) is 6.61 Å². The van der Waals surface area contributed by atoms with Crippen LogP contribution in [0.1, 0.15) is 17.4 Å². The molecule has 2 bridgehead atoms. The Bertz CT molecular complexity index is 359. The molecule has 1 aromatic heterocycles. The van der Waals surface area contributed by atoms with Crippen LogP contribution in [0.15, 0.2) is 12.4 Å². The van der Waals surface area contributed by atoms with E-state index >= 15 is 0 Å². The highest BCUT2D eigenvalue weighted by atomic mass is 16.3. The van der Waals surface area contributed by atoms with Crippen LogP contribution in [0.2, 0.25) is 0 Å². The minimum atomic E-state index is 0.0147. The van der Waals surface area contributed by atoms with E-state index in [1.54, 1.807) is 12.4 Å². The Labute approximate surface area is 94.7 Å². The molecule has 1 unspecified atom stereocenters. The van der Waals surface area contributed by atoms with E-state index in [0.29, 0.717) is 6.04 Å². The monoisotopic (exact) mass is 220 g/mol.